The van der Waals surface area contributed by atoms with E-state index < -0.39 is 0 Å². The van der Waals surface area contributed by atoms with Crippen molar-refractivity contribution in [3.8, 4) is 0 Å². The Morgan fingerprint density at radius 1 is 1.44 bits per heavy atom. The number of nitrogens with zero attached hydrogens (tertiary/aromatic N) is 1. The first-order valence-corrected chi connectivity index (χ1v) is 6.98. The maximum atomic E-state index is 10.9. The fourth-order valence-electron chi connectivity index (χ4n) is 1.92. The lowest BCUT2D eigenvalue weighted by Crippen LogP contribution is -2.47. The topological polar surface area (TPSA) is 44.4 Å². The molecule has 0 aromatic heterocycles. The van der Waals surface area contributed by atoms with Gasteiger partial charge in [-0.25, -0.2) is 0 Å². The van der Waals surface area contributed by atoms with E-state index >= 15 is 0 Å². The number of likely N-dealkylation sites (N-methyl/N-ethyl adjacent to an activating group) is 1. The summed E-state index contributed by atoms with van der Waals surface area (Å²) in [5.41, 5.74) is 0.848. The summed E-state index contributed by atoms with van der Waals surface area (Å²) in [6, 6.07) is 7.98. The van der Waals surface area contributed by atoms with Crippen LogP contribution in [0.1, 0.15) is 6.92 Å². The molecule has 1 aromatic rings. The quantitative estimate of drug-likeness (QED) is 0.871. The summed E-state index contributed by atoms with van der Waals surface area (Å²) in [6.45, 7) is 4.72. The molecular weight excluding hydrogens is 246 g/mol. The van der Waals surface area contributed by atoms with E-state index in [1.165, 1.54) is 11.8 Å². The van der Waals surface area contributed by atoms with Gasteiger partial charge in [-0.05, 0) is 31.3 Å². The van der Waals surface area contributed by atoms with Crippen LogP contribution in [-0.2, 0) is 4.79 Å². The predicted molar refractivity (Wildman–Crippen MR) is 75.9 cm³/mol. The van der Waals surface area contributed by atoms with Crippen LogP contribution in [0.4, 0.5) is 5.69 Å². The van der Waals surface area contributed by atoms with Gasteiger partial charge in [0.1, 0.15) is 0 Å². The van der Waals surface area contributed by atoms with Crippen molar-refractivity contribution in [1.29, 1.82) is 0 Å². The van der Waals surface area contributed by atoms with Gasteiger partial charge in [0.25, 0.3) is 0 Å². The third-order valence-electron chi connectivity index (χ3n) is 2.80. The Hall–Kier alpha value is -1.04. The van der Waals surface area contributed by atoms with Gasteiger partial charge in [0, 0.05) is 37.1 Å². The summed E-state index contributed by atoms with van der Waals surface area (Å²) in [7, 11) is 2.15. The molecule has 0 bridgehead atoms. The van der Waals surface area contributed by atoms with Crippen LogP contribution in [0.5, 0.6) is 0 Å². The smallest absolute Gasteiger partial charge is 0.221 e. The minimum Gasteiger partial charge on any atom is -0.326 e. The van der Waals surface area contributed by atoms with E-state index in [0.717, 1.165) is 25.3 Å². The molecule has 2 N–H and O–H groups in total. The second kappa shape index (κ2) is 6.22. The summed E-state index contributed by atoms with van der Waals surface area (Å²) in [6.07, 6.45) is 0. The van der Waals surface area contributed by atoms with Crippen LogP contribution in [0.15, 0.2) is 29.2 Å². The van der Waals surface area contributed by atoms with Gasteiger partial charge in [-0.3, -0.25) is 4.79 Å². The second-order valence-electron chi connectivity index (χ2n) is 4.53. The van der Waals surface area contributed by atoms with Gasteiger partial charge in [-0.1, -0.05) is 0 Å². The maximum absolute atomic E-state index is 10.9. The van der Waals surface area contributed by atoms with Crippen molar-refractivity contribution in [2.75, 3.05) is 32.0 Å². The van der Waals surface area contributed by atoms with Crippen molar-refractivity contribution in [2.45, 2.75) is 17.2 Å². The van der Waals surface area contributed by atoms with E-state index in [1.807, 2.05) is 36.0 Å². The normalized spacial score (nSPS) is 20.7. The van der Waals surface area contributed by atoms with E-state index in [-0.39, 0.29) is 5.91 Å². The molecule has 1 aliphatic heterocycles. The first-order chi connectivity index (χ1) is 8.63. The number of benzene rings is 1. The van der Waals surface area contributed by atoms with Gasteiger partial charge in [0.15, 0.2) is 0 Å². The number of anilines is 1. The molecule has 1 aromatic carbocycles. The van der Waals surface area contributed by atoms with Crippen LogP contribution < -0.4 is 10.6 Å². The number of piperazine rings is 1. The van der Waals surface area contributed by atoms with E-state index in [1.54, 1.807) is 0 Å². The van der Waals surface area contributed by atoms with Crippen LogP contribution in [0, 0.1) is 0 Å². The highest BCUT2D eigenvalue weighted by molar-refractivity contribution is 8.00. The number of nitrogens with one attached hydrogen (secondary N) is 2. The largest absolute Gasteiger partial charge is 0.326 e. The standard InChI is InChI=1S/C13H19N3OS/c1-10(17)15-11-3-5-12(6-4-11)18-13-9-16(2)8-7-14-13/h3-6,13-14H,7-9H2,1-2H3,(H,15,17). The lowest BCUT2D eigenvalue weighted by Gasteiger charge is -2.30. The number of rotatable bonds is 3. The zero-order chi connectivity index (χ0) is 13.0. The van der Waals surface area contributed by atoms with Crippen molar-refractivity contribution in [2.24, 2.45) is 0 Å². The number of hydrogen-bond donors (Lipinski definition) is 2. The molecule has 1 amide bonds. The third kappa shape index (κ3) is 4.01. The van der Waals surface area contributed by atoms with Gasteiger partial charge in [-0.15, -0.1) is 11.8 Å². The van der Waals surface area contributed by atoms with Crippen LogP contribution in [0.25, 0.3) is 0 Å². The zero-order valence-electron chi connectivity index (χ0n) is 10.8. The molecule has 0 saturated carbocycles. The van der Waals surface area contributed by atoms with E-state index in [4.69, 9.17) is 0 Å². The van der Waals surface area contributed by atoms with Gasteiger partial charge in [-0.2, -0.15) is 0 Å². The Morgan fingerprint density at radius 3 is 2.78 bits per heavy atom. The molecule has 1 fully saturated rings. The van der Waals surface area contributed by atoms with Crippen molar-refractivity contribution in [3.05, 3.63) is 24.3 Å². The molecule has 98 valence electrons. The summed E-state index contributed by atoms with van der Waals surface area (Å²) in [5.74, 6) is -0.0361. The van der Waals surface area contributed by atoms with Crippen LogP contribution in [0.3, 0.4) is 0 Å². The lowest BCUT2D eigenvalue weighted by atomic mass is 10.3. The molecular formula is C13H19N3OS. The van der Waals surface area contributed by atoms with Crippen molar-refractivity contribution in [3.63, 3.8) is 0 Å². The highest BCUT2D eigenvalue weighted by atomic mass is 32.2. The Labute approximate surface area is 112 Å². The molecule has 0 aliphatic carbocycles. The average Bonchev–Trinajstić information content (AvgIpc) is 2.31. The minimum absolute atomic E-state index is 0.0361. The fourth-order valence-corrected chi connectivity index (χ4v) is 3.07. The summed E-state index contributed by atoms with van der Waals surface area (Å²) < 4.78 is 0. The van der Waals surface area contributed by atoms with E-state index in [9.17, 15) is 4.79 Å². The second-order valence-corrected chi connectivity index (χ2v) is 5.80. The zero-order valence-corrected chi connectivity index (χ0v) is 11.6. The Bertz CT molecular complexity index is 407. The third-order valence-corrected chi connectivity index (χ3v) is 3.94. The van der Waals surface area contributed by atoms with E-state index in [2.05, 4.69) is 22.6 Å². The monoisotopic (exact) mass is 265 g/mol. The SMILES string of the molecule is CC(=O)Nc1ccc(SC2CN(C)CCN2)cc1. The molecule has 0 spiro atoms. The van der Waals surface area contributed by atoms with Gasteiger partial charge >= 0.3 is 0 Å². The Balaban J connectivity index is 1.91. The Kier molecular flexibility index (Phi) is 4.63. The maximum Gasteiger partial charge on any atom is 0.221 e. The fraction of sp³-hybridized carbons (Fsp3) is 0.462. The number of hydrogen-bond acceptors (Lipinski definition) is 4. The molecule has 1 unspecified atom stereocenters. The summed E-state index contributed by atoms with van der Waals surface area (Å²) >= 11 is 1.83. The number of amides is 1. The molecule has 1 atom stereocenters. The van der Waals surface area contributed by atoms with Crippen LogP contribution >= 0.6 is 11.8 Å². The van der Waals surface area contributed by atoms with Crippen molar-refractivity contribution < 1.29 is 4.79 Å². The first kappa shape index (κ1) is 13.4. The van der Waals surface area contributed by atoms with Gasteiger partial charge < -0.3 is 15.5 Å². The molecule has 1 saturated heterocycles. The van der Waals surface area contributed by atoms with Crippen molar-refractivity contribution in [1.82, 2.24) is 10.2 Å². The highest BCUT2D eigenvalue weighted by Gasteiger charge is 2.16. The number of thioether (sulfide) groups is 1. The molecule has 5 heteroatoms. The summed E-state index contributed by atoms with van der Waals surface area (Å²) in [4.78, 5) is 14.5. The van der Waals surface area contributed by atoms with Crippen LogP contribution in [-0.4, -0.2) is 42.9 Å². The molecule has 1 aliphatic rings. The van der Waals surface area contributed by atoms with Gasteiger partial charge in [0.05, 0.1) is 5.37 Å². The van der Waals surface area contributed by atoms with Crippen LogP contribution in [0.2, 0.25) is 0 Å². The van der Waals surface area contributed by atoms with Crippen molar-refractivity contribution >= 4 is 23.4 Å². The van der Waals surface area contributed by atoms with E-state index in [0.29, 0.717) is 5.37 Å². The first-order valence-electron chi connectivity index (χ1n) is 6.10. The number of carbonyl (C=O) groups is 1. The molecule has 2 rings (SSSR count). The summed E-state index contributed by atoms with van der Waals surface area (Å²) in [5, 5.41) is 6.71. The highest BCUT2D eigenvalue weighted by Crippen LogP contribution is 2.24. The molecule has 1 heterocycles. The minimum atomic E-state index is -0.0361. The predicted octanol–water partition coefficient (Wildman–Crippen LogP) is 1.60. The average molecular weight is 265 g/mol. The molecule has 0 radical (unpaired) electrons. The molecule has 18 heavy (non-hydrogen) atoms. The van der Waals surface area contributed by atoms with Gasteiger partial charge in [0.2, 0.25) is 5.91 Å². The number of carbonyl (C=O) groups excluding carboxylic acids is 1. The Morgan fingerprint density at radius 2 is 2.17 bits per heavy atom. The molecule has 4 nitrogen and oxygen atoms in total. The lowest BCUT2D eigenvalue weighted by molar-refractivity contribution is -0.114.